The van der Waals surface area contributed by atoms with Gasteiger partial charge in [0.05, 0.1) is 12.2 Å². The van der Waals surface area contributed by atoms with E-state index in [2.05, 4.69) is 26.1 Å². The first-order valence-corrected chi connectivity index (χ1v) is 8.05. The van der Waals surface area contributed by atoms with Gasteiger partial charge in [-0.25, -0.2) is 0 Å². The van der Waals surface area contributed by atoms with Crippen LogP contribution in [-0.4, -0.2) is 25.3 Å². The SMILES string of the molecule is CCCNCC(C)(CC)OCC1CCCCCC1. The lowest BCUT2D eigenvalue weighted by atomic mass is 9.99. The molecule has 0 amide bonds. The summed E-state index contributed by atoms with van der Waals surface area (Å²) in [5.41, 5.74) is 0.0292. The summed E-state index contributed by atoms with van der Waals surface area (Å²) in [6.45, 7) is 9.76. The van der Waals surface area contributed by atoms with Gasteiger partial charge < -0.3 is 10.1 Å². The standard InChI is InChI=1S/C16H33NO/c1-4-12-17-14-16(3,5-2)18-13-15-10-8-6-7-9-11-15/h15,17H,4-14H2,1-3H3. The van der Waals surface area contributed by atoms with E-state index >= 15 is 0 Å². The van der Waals surface area contributed by atoms with E-state index in [0.717, 1.165) is 32.0 Å². The molecule has 1 aliphatic rings. The summed E-state index contributed by atoms with van der Waals surface area (Å²) < 4.78 is 6.26. The van der Waals surface area contributed by atoms with Crippen LogP contribution >= 0.6 is 0 Å². The highest BCUT2D eigenvalue weighted by molar-refractivity contribution is 4.77. The first-order valence-electron chi connectivity index (χ1n) is 8.05. The van der Waals surface area contributed by atoms with Crippen LogP contribution in [0.15, 0.2) is 0 Å². The molecule has 18 heavy (non-hydrogen) atoms. The minimum Gasteiger partial charge on any atom is -0.374 e. The second kappa shape index (κ2) is 8.92. The van der Waals surface area contributed by atoms with Gasteiger partial charge in [0.1, 0.15) is 0 Å². The van der Waals surface area contributed by atoms with Gasteiger partial charge >= 0.3 is 0 Å². The summed E-state index contributed by atoms with van der Waals surface area (Å²) in [4.78, 5) is 0. The monoisotopic (exact) mass is 255 g/mol. The van der Waals surface area contributed by atoms with Crippen molar-refractivity contribution in [2.24, 2.45) is 5.92 Å². The van der Waals surface area contributed by atoms with Gasteiger partial charge in [-0.2, -0.15) is 0 Å². The lowest BCUT2D eigenvalue weighted by molar-refractivity contribution is -0.0511. The third-order valence-electron chi connectivity index (χ3n) is 4.32. The molecule has 1 unspecified atom stereocenters. The van der Waals surface area contributed by atoms with Crippen molar-refractivity contribution in [3.63, 3.8) is 0 Å². The van der Waals surface area contributed by atoms with E-state index in [1.165, 1.54) is 44.9 Å². The van der Waals surface area contributed by atoms with Crippen molar-refractivity contribution in [3.8, 4) is 0 Å². The molecule has 0 aromatic heterocycles. The van der Waals surface area contributed by atoms with E-state index in [9.17, 15) is 0 Å². The Morgan fingerprint density at radius 3 is 2.33 bits per heavy atom. The van der Waals surface area contributed by atoms with Crippen molar-refractivity contribution in [1.82, 2.24) is 5.32 Å². The molecule has 0 aromatic rings. The fraction of sp³-hybridized carbons (Fsp3) is 1.00. The molecule has 1 saturated carbocycles. The molecule has 1 rings (SSSR count). The molecular formula is C16H33NO. The smallest absolute Gasteiger partial charge is 0.0775 e. The number of nitrogens with one attached hydrogen (secondary N) is 1. The molecule has 0 aromatic carbocycles. The first kappa shape index (κ1) is 16.0. The Balaban J connectivity index is 2.27. The molecule has 0 spiro atoms. The third-order valence-corrected chi connectivity index (χ3v) is 4.32. The summed E-state index contributed by atoms with van der Waals surface area (Å²) in [6.07, 6.45) is 10.7. The maximum absolute atomic E-state index is 6.26. The molecule has 1 N–H and O–H groups in total. The maximum Gasteiger partial charge on any atom is 0.0775 e. The van der Waals surface area contributed by atoms with Gasteiger partial charge in [0.2, 0.25) is 0 Å². The van der Waals surface area contributed by atoms with Crippen LogP contribution in [0.1, 0.15) is 72.1 Å². The van der Waals surface area contributed by atoms with Crippen LogP contribution in [0.4, 0.5) is 0 Å². The summed E-state index contributed by atoms with van der Waals surface area (Å²) in [5.74, 6) is 0.810. The van der Waals surface area contributed by atoms with Crippen LogP contribution in [0.2, 0.25) is 0 Å². The molecule has 1 aliphatic carbocycles. The number of hydrogen-bond donors (Lipinski definition) is 1. The van der Waals surface area contributed by atoms with E-state index in [1.54, 1.807) is 0 Å². The zero-order valence-electron chi connectivity index (χ0n) is 12.8. The minimum atomic E-state index is 0.0292. The predicted octanol–water partition coefficient (Wildman–Crippen LogP) is 4.14. The van der Waals surface area contributed by atoms with Crippen LogP contribution in [0, 0.1) is 5.92 Å². The molecule has 0 heterocycles. The Kier molecular flexibility index (Phi) is 7.92. The van der Waals surface area contributed by atoms with Gasteiger partial charge in [-0.3, -0.25) is 0 Å². The van der Waals surface area contributed by atoms with Gasteiger partial charge in [0.15, 0.2) is 0 Å². The fourth-order valence-corrected chi connectivity index (χ4v) is 2.66. The predicted molar refractivity (Wildman–Crippen MR) is 79.0 cm³/mol. The molecule has 0 aliphatic heterocycles. The van der Waals surface area contributed by atoms with E-state index in [4.69, 9.17) is 4.74 Å². The van der Waals surface area contributed by atoms with Crippen molar-refractivity contribution < 1.29 is 4.74 Å². The zero-order valence-corrected chi connectivity index (χ0v) is 12.8. The van der Waals surface area contributed by atoms with Crippen molar-refractivity contribution >= 4 is 0 Å². The Labute approximate surface area is 114 Å². The second-order valence-electron chi connectivity index (χ2n) is 6.15. The highest BCUT2D eigenvalue weighted by atomic mass is 16.5. The average molecular weight is 255 g/mol. The summed E-state index contributed by atoms with van der Waals surface area (Å²) in [7, 11) is 0. The summed E-state index contributed by atoms with van der Waals surface area (Å²) >= 11 is 0. The average Bonchev–Trinajstić information content (AvgIpc) is 2.65. The third kappa shape index (κ3) is 6.19. The van der Waals surface area contributed by atoms with Gasteiger partial charge in [-0.1, -0.05) is 39.5 Å². The molecule has 108 valence electrons. The van der Waals surface area contributed by atoms with Crippen molar-refractivity contribution in [1.29, 1.82) is 0 Å². The largest absolute Gasteiger partial charge is 0.374 e. The van der Waals surface area contributed by atoms with E-state index < -0.39 is 0 Å². The molecule has 1 fully saturated rings. The quantitative estimate of drug-likeness (QED) is 0.520. The second-order valence-corrected chi connectivity index (χ2v) is 6.15. The molecule has 1 atom stereocenters. The molecule has 0 saturated heterocycles. The maximum atomic E-state index is 6.26. The number of hydrogen-bond acceptors (Lipinski definition) is 2. The van der Waals surface area contributed by atoms with Crippen molar-refractivity contribution in [2.75, 3.05) is 19.7 Å². The Morgan fingerprint density at radius 2 is 1.78 bits per heavy atom. The molecule has 0 bridgehead atoms. The number of ether oxygens (including phenoxy) is 1. The highest BCUT2D eigenvalue weighted by Crippen LogP contribution is 2.25. The Hall–Kier alpha value is -0.0800. The Morgan fingerprint density at radius 1 is 1.11 bits per heavy atom. The van der Waals surface area contributed by atoms with Gasteiger partial charge in [-0.15, -0.1) is 0 Å². The molecular weight excluding hydrogens is 222 g/mol. The van der Waals surface area contributed by atoms with E-state index in [1.807, 2.05) is 0 Å². The van der Waals surface area contributed by atoms with E-state index in [0.29, 0.717) is 0 Å². The van der Waals surface area contributed by atoms with Crippen LogP contribution in [0.25, 0.3) is 0 Å². The topological polar surface area (TPSA) is 21.3 Å². The highest BCUT2D eigenvalue weighted by Gasteiger charge is 2.24. The summed E-state index contributed by atoms with van der Waals surface area (Å²) in [6, 6.07) is 0. The summed E-state index contributed by atoms with van der Waals surface area (Å²) in [5, 5.41) is 3.50. The Bertz CT molecular complexity index is 199. The lowest BCUT2D eigenvalue weighted by Crippen LogP contribution is -2.41. The van der Waals surface area contributed by atoms with Gasteiger partial charge in [0.25, 0.3) is 0 Å². The fourth-order valence-electron chi connectivity index (χ4n) is 2.66. The molecule has 2 heteroatoms. The molecule has 0 radical (unpaired) electrons. The van der Waals surface area contributed by atoms with Crippen LogP contribution in [-0.2, 0) is 4.74 Å². The van der Waals surface area contributed by atoms with Crippen LogP contribution in [0.3, 0.4) is 0 Å². The van der Waals surface area contributed by atoms with Gasteiger partial charge in [0, 0.05) is 6.54 Å². The minimum absolute atomic E-state index is 0.0292. The lowest BCUT2D eigenvalue weighted by Gasteiger charge is -2.31. The normalized spacial score (nSPS) is 21.5. The zero-order chi connectivity index (χ0) is 13.3. The van der Waals surface area contributed by atoms with Crippen LogP contribution < -0.4 is 5.32 Å². The first-order chi connectivity index (χ1) is 8.70. The van der Waals surface area contributed by atoms with E-state index in [-0.39, 0.29) is 5.60 Å². The molecule has 2 nitrogen and oxygen atoms in total. The van der Waals surface area contributed by atoms with Crippen molar-refractivity contribution in [3.05, 3.63) is 0 Å². The van der Waals surface area contributed by atoms with Crippen molar-refractivity contribution in [2.45, 2.75) is 77.7 Å². The number of rotatable bonds is 8. The van der Waals surface area contributed by atoms with Gasteiger partial charge in [-0.05, 0) is 45.1 Å². The van der Waals surface area contributed by atoms with Crippen LogP contribution in [0.5, 0.6) is 0 Å².